The van der Waals surface area contributed by atoms with Gasteiger partial charge in [-0.25, -0.2) is 14.4 Å². The summed E-state index contributed by atoms with van der Waals surface area (Å²) in [4.78, 5) is 23.3. The summed E-state index contributed by atoms with van der Waals surface area (Å²) in [7, 11) is 3.68. The average Bonchev–Trinajstić information content (AvgIpc) is 3.12. The molecule has 0 fully saturated rings. The second-order valence-corrected chi connectivity index (χ2v) is 8.09. The predicted molar refractivity (Wildman–Crippen MR) is 129 cm³/mol. The Bertz CT molecular complexity index is 1380. The van der Waals surface area contributed by atoms with E-state index in [-0.39, 0.29) is 35.7 Å². The largest absolute Gasteiger partial charge is 0.417 e. The van der Waals surface area contributed by atoms with E-state index in [1.54, 1.807) is 12.1 Å². The quantitative estimate of drug-likeness (QED) is 0.353. The van der Waals surface area contributed by atoms with Crippen LogP contribution < -0.4 is 10.2 Å². The van der Waals surface area contributed by atoms with Crippen molar-refractivity contribution in [2.45, 2.75) is 19.6 Å². The SMILES string of the molecule is Cc1cc(N(C)C)ncc1NC(=O)c1cc2cc(C(F)(F)F)cnc2n1Cc1cccc(F)c1.Cl. The van der Waals surface area contributed by atoms with Crippen molar-refractivity contribution in [2.24, 2.45) is 0 Å². The highest BCUT2D eigenvalue weighted by Crippen LogP contribution is 2.32. The Morgan fingerprint density at radius 1 is 1.09 bits per heavy atom. The van der Waals surface area contributed by atoms with Crippen molar-refractivity contribution in [3.05, 3.63) is 83.1 Å². The molecule has 3 heterocycles. The Labute approximate surface area is 205 Å². The van der Waals surface area contributed by atoms with E-state index in [4.69, 9.17) is 0 Å². The fourth-order valence-electron chi connectivity index (χ4n) is 3.57. The van der Waals surface area contributed by atoms with Gasteiger partial charge < -0.3 is 14.8 Å². The van der Waals surface area contributed by atoms with Crippen molar-refractivity contribution in [2.75, 3.05) is 24.3 Å². The van der Waals surface area contributed by atoms with Crippen molar-refractivity contribution in [3.63, 3.8) is 0 Å². The van der Waals surface area contributed by atoms with Crippen molar-refractivity contribution in [1.82, 2.24) is 14.5 Å². The van der Waals surface area contributed by atoms with Crippen LogP contribution in [0.4, 0.5) is 29.1 Å². The molecule has 35 heavy (non-hydrogen) atoms. The Hall–Kier alpha value is -3.66. The third kappa shape index (κ3) is 5.54. The summed E-state index contributed by atoms with van der Waals surface area (Å²) in [5, 5.41) is 2.92. The zero-order valence-corrected chi connectivity index (χ0v) is 19.8. The number of anilines is 2. The first-order chi connectivity index (χ1) is 16.0. The molecule has 6 nitrogen and oxygen atoms in total. The van der Waals surface area contributed by atoms with Crippen LogP contribution in [-0.4, -0.2) is 34.5 Å². The van der Waals surface area contributed by atoms with Gasteiger partial charge in [-0.15, -0.1) is 12.4 Å². The number of hydrogen-bond donors (Lipinski definition) is 1. The molecule has 0 unspecified atom stereocenters. The van der Waals surface area contributed by atoms with Crippen molar-refractivity contribution in [1.29, 1.82) is 0 Å². The van der Waals surface area contributed by atoms with Gasteiger partial charge >= 0.3 is 6.18 Å². The summed E-state index contributed by atoms with van der Waals surface area (Å²) in [6, 6.07) is 9.86. The van der Waals surface area contributed by atoms with Gasteiger partial charge in [-0.2, -0.15) is 13.2 Å². The normalized spacial score (nSPS) is 11.3. The molecule has 0 radical (unpaired) electrons. The highest BCUT2D eigenvalue weighted by atomic mass is 35.5. The number of hydrogen-bond acceptors (Lipinski definition) is 4. The van der Waals surface area contributed by atoms with E-state index in [0.29, 0.717) is 17.1 Å². The Kier molecular flexibility index (Phi) is 7.35. The van der Waals surface area contributed by atoms with E-state index in [0.717, 1.165) is 17.8 Å². The number of nitrogens with one attached hydrogen (secondary N) is 1. The summed E-state index contributed by atoms with van der Waals surface area (Å²) < 4.78 is 54.9. The molecule has 0 spiro atoms. The van der Waals surface area contributed by atoms with E-state index in [9.17, 15) is 22.4 Å². The van der Waals surface area contributed by atoms with Crippen LogP contribution in [0.5, 0.6) is 0 Å². The maximum Gasteiger partial charge on any atom is 0.417 e. The molecule has 1 aromatic carbocycles. The molecule has 0 saturated carbocycles. The standard InChI is InChI=1S/C24H21F4N5O.ClH/c1-14-7-21(32(2)3)29-12-19(14)31-23(34)20-10-16-9-17(24(26,27)28)11-30-22(16)33(20)13-15-5-4-6-18(25)8-15;/h4-12H,13H2,1-3H3,(H,31,34);1H. The molecule has 1 amide bonds. The van der Waals surface area contributed by atoms with Gasteiger partial charge in [0.1, 0.15) is 23.0 Å². The van der Waals surface area contributed by atoms with Gasteiger partial charge in [-0.1, -0.05) is 12.1 Å². The number of rotatable bonds is 5. The summed E-state index contributed by atoms with van der Waals surface area (Å²) >= 11 is 0. The number of aromatic nitrogens is 3. The van der Waals surface area contributed by atoms with Crippen molar-refractivity contribution >= 4 is 40.9 Å². The smallest absolute Gasteiger partial charge is 0.363 e. The van der Waals surface area contributed by atoms with E-state index in [2.05, 4.69) is 15.3 Å². The molecular formula is C24H22ClF4N5O. The van der Waals surface area contributed by atoms with Crippen LogP contribution in [0.2, 0.25) is 0 Å². The number of halogens is 5. The van der Waals surface area contributed by atoms with Crippen LogP contribution in [-0.2, 0) is 12.7 Å². The number of fused-ring (bicyclic) bond motifs is 1. The number of benzene rings is 1. The summed E-state index contributed by atoms with van der Waals surface area (Å²) in [5.41, 5.74) is 1.09. The molecule has 1 N–H and O–H groups in total. The van der Waals surface area contributed by atoms with Crippen LogP contribution in [0.3, 0.4) is 0 Å². The number of aryl methyl sites for hydroxylation is 1. The minimum atomic E-state index is -4.58. The zero-order valence-electron chi connectivity index (χ0n) is 19.0. The van der Waals surface area contributed by atoms with Crippen LogP contribution in [0.1, 0.15) is 27.2 Å². The third-order valence-electron chi connectivity index (χ3n) is 5.33. The van der Waals surface area contributed by atoms with Crippen LogP contribution >= 0.6 is 12.4 Å². The molecular weight excluding hydrogens is 486 g/mol. The summed E-state index contributed by atoms with van der Waals surface area (Å²) in [5.74, 6) is -0.306. The molecule has 4 rings (SSSR count). The average molecular weight is 508 g/mol. The summed E-state index contributed by atoms with van der Waals surface area (Å²) in [6.45, 7) is 1.85. The zero-order chi connectivity index (χ0) is 24.6. The van der Waals surface area contributed by atoms with Gasteiger partial charge in [-0.3, -0.25) is 4.79 Å². The minimum absolute atomic E-state index is 0. The van der Waals surface area contributed by atoms with Crippen molar-refractivity contribution in [3.8, 4) is 0 Å². The lowest BCUT2D eigenvalue weighted by atomic mass is 10.2. The molecule has 0 aliphatic rings. The molecule has 184 valence electrons. The molecule has 0 bridgehead atoms. The lowest BCUT2D eigenvalue weighted by Crippen LogP contribution is -2.19. The molecule has 3 aromatic heterocycles. The maximum absolute atomic E-state index is 13.7. The number of carbonyl (C=O) groups is 1. The first kappa shape index (κ1) is 26.0. The first-order valence-electron chi connectivity index (χ1n) is 10.3. The van der Waals surface area contributed by atoms with Crippen molar-refractivity contribution < 1.29 is 22.4 Å². The maximum atomic E-state index is 13.7. The van der Waals surface area contributed by atoms with Crippen LogP contribution in [0.25, 0.3) is 11.0 Å². The van der Waals surface area contributed by atoms with Gasteiger partial charge in [0.25, 0.3) is 5.91 Å². The van der Waals surface area contributed by atoms with E-state index < -0.39 is 23.5 Å². The van der Waals surface area contributed by atoms with Gasteiger partial charge in [0.15, 0.2) is 0 Å². The molecule has 0 saturated heterocycles. The molecule has 0 aliphatic heterocycles. The fraction of sp³-hybridized carbons (Fsp3) is 0.208. The van der Waals surface area contributed by atoms with Gasteiger partial charge in [0.2, 0.25) is 0 Å². The highest BCUT2D eigenvalue weighted by Gasteiger charge is 2.32. The summed E-state index contributed by atoms with van der Waals surface area (Å²) in [6.07, 6.45) is -2.34. The number of amides is 1. The second-order valence-electron chi connectivity index (χ2n) is 8.09. The minimum Gasteiger partial charge on any atom is -0.363 e. The molecule has 0 atom stereocenters. The number of carbonyl (C=O) groups excluding carboxylic acids is 1. The van der Waals surface area contributed by atoms with Gasteiger partial charge in [0.05, 0.1) is 17.4 Å². The Morgan fingerprint density at radius 3 is 2.46 bits per heavy atom. The van der Waals surface area contributed by atoms with Crippen LogP contribution in [0, 0.1) is 12.7 Å². The monoisotopic (exact) mass is 507 g/mol. The lowest BCUT2D eigenvalue weighted by molar-refractivity contribution is -0.137. The van der Waals surface area contributed by atoms with Crippen LogP contribution in [0.15, 0.2) is 54.9 Å². The molecule has 0 aliphatic carbocycles. The molecule has 11 heteroatoms. The van der Waals surface area contributed by atoms with E-state index in [1.165, 1.54) is 35.0 Å². The second kappa shape index (κ2) is 9.91. The number of nitrogens with zero attached hydrogens (tertiary/aromatic N) is 4. The highest BCUT2D eigenvalue weighted by molar-refractivity contribution is 6.06. The lowest BCUT2D eigenvalue weighted by Gasteiger charge is -2.15. The Morgan fingerprint density at radius 2 is 1.83 bits per heavy atom. The van der Waals surface area contributed by atoms with Gasteiger partial charge in [0, 0.05) is 32.2 Å². The third-order valence-corrected chi connectivity index (χ3v) is 5.33. The van der Waals surface area contributed by atoms with Gasteiger partial charge in [-0.05, 0) is 48.4 Å². The predicted octanol–water partition coefficient (Wildman–Crippen LogP) is 5.69. The van der Waals surface area contributed by atoms with E-state index in [1.807, 2.05) is 25.9 Å². The first-order valence-corrected chi connectivity index (χ1v) is 10.3. The number of pyridine rings is 2. The topological polar surface area (TPSA) is 63.1 Å². The number of alkyl halides is 3. The van der Waals surface area contributed by atoms with E-state index >= 15 is 0 Å². The Balaban J connectivity index is 0.00000342. The molecule has 4 aromatic rings. The fourth-order valence-corrected chi connectivity index (χ4v) is 3.57.